The zero-order chi connectivity index (χ0) is 11.8. The van der Waals surface area contributed by atoms with Crippen molar-refractivity contribution in [2.45, 2.75) is 12.8 Å². The van der Waals surface area contributed by atoms with Crippen LogP contribution in [0.3, 0.4) is 0 Å². The van der Waals surface area contributed by atoms with Crippen molar-refractivity contribution < 1.29 is 9.53 Å². The van der Waals surface area contributed by atoms with Gasteiger partial charge in [0.2, 0.25) is 5.91 Å². The topological polar surface area (TPSA) is 46.8 Å². The first kappa shape index (κ1) is 10.1. The second kappa shape index (κ2) is 3.76. The third-order valence-corrected chi connectivity index (χ3v) is 3.06. The maximum Gasteiger partial charge on any atom is 0.227 e. The van der Waals surface area contributed by atoms with Gasteiger partial charge in [-0.15, -0.1) is 0 Å². The molecule has 2 aromatic rings. The molecule has 2 aromatic heterocycles. The number of amides is 1. The molecule has 0 spiro atoms. The summed E-state index contributed by atoms with van der Waals surface area (Å²) in [5.41, 5.74) is 1.64. The molecule has 0 aromatic carbocycles. The van der Waals surface area contributed by atoms with Gasteiger partial charge in [-0.25, -0.2) is 4.98 Å². The highest BCUT2D eigenvalue weighted by Gasteiger charge is 2.25. The Labute approximate surface area is 98.6 Å². The van der Waals surface area contributed by atoms with Crippen molar-refractivity contribution in [1.82, 2.24) is 9.38 Å². The van der Waals surface area contributed by atoms with Crippen LogP contribution in [0.1, 0.15) is 12.8 Å². The van der Waals surface area contributed by atoms with Gasteiger partial charge in [0.15, 0.2) is 0 Å². The van der Waals surface area contributed by atoms with Gasteiger partial charge < -0.3 is 14.0 Å². The van der Waals surface area contributed by atoms with Crippen LogP contribution in [0.2, 0.25) is 0 Å². The van der Waals surface area contributed by atoms with Crippen LogP contribution in [0.25, 0.3) is 5.65 Å². The summed E-state index contributed by atoms with van der Waals surface area (Å²) >= 11 is 0. The predicted molar refractivity (Wildman–Crippen MR) is 63.3 cm³/mol. The van der Waals surface area contributed by atoms with Gasteiger partial charge in [-0.1, -0.05) is 0 Å². The molecule has 17 heavy (non-hydrogen) atoms. The number of fused-ring (bicyclic) bond motifs is 1. The molecular formula is C12H13N3O2. The Bertz CT molecular complexity index is 576. The number of rotatable bonds is 2. The SMILES string of the molecule is COc1cc2nccn2cc1N1CCCC1=O. The zero-order valence-corrected chi connectivity index (χ0v) is 9.59. The van der Waals surface area contributed by atoms with Crippen LogP contribution >= 0.6 is 0 Å². The number of nitrogens with zero attached hydrogens (tertiary/aromatic N) is 3. The fourth-order valence-electron chi connectivity index (χ4n) is 2.20. The fourth-order valence-corrected chi connectivity index (χ4v) is 2.20. The summed E-state index contributed by atoms with van der Waals surface area (Å²) in [5, 5.41) is 0. The first-order valence-corrected chi connectivity index (χ1v) is 5.60. The quantitative estimate of drug-likeness (QED) is 0.786. The Morgan fingerprint density at radius 3 is 3.06 bits per heavy atom. The van der Waals surface area contributed by atoms with Crippen LogP contribution in [0.5, 0.6) is 5.75 Å². The molecule has 0 bridgehead atoms. The first-order valence-electron chi connectivity index (χ1n) is 5.60. The van der Waals surface area contributed by atoms with E-state index in [0.29, 0.717) is 12.2 Å². The third-order valence-electron chi connectivity index (χ3n) is 3.06. The van der Waals surface area contributed by atoms with E-state index in [2.05, 4.69) is 4.98 Å². The second-order valence-electron chi connectivity index (χ2n) is 4.07. The molecule has 0 unspecified atom stereocenters. The van der Waals surface area contributed by atoms with Crippen LogP contribution in [0, 0.1) is 0 Å². The van der Waals surface area contributed by atoms with Crippen LogP contribution in [-0.4, -0.2) is 28.9 Å². The Morgan fingerprint density at radius 2 is 2.35 bits per heavy atom. The molecule has 3 heterocycles. The average molecular weight is 231 g/mol. The monoisotopic (exact) mass is 231 g/mol. The van der Waals surface area contributed by atoms with Crippen molar-refractivity contribution in [3.8, 4) is 5.75 Å². The highest BCUT2D eigenvalue weighted by molar-refractivity contribution is 5.96. The molecule has 1 fully saturated rings. The number of methoxy groups -OCH3 is 1. The molecule has 5 heteroatoms. The van der Waals surface area contributed by atoms with Crippen molar-refractivity contribution >= 4 is 17.2 Å². The molecule has 0 radical (unpaired) electrons. The maximum absolute atomic E-state index is 11.8. The van der Waals surface area contributed by atoms with E-state index in [-0.39, 0.29) is 5.91 Å². The lowest BCUT2D eigenvalue weighted by Crippen LogP contribution is -2.24. The van der Waals surface area contributed by atoms with E-state index in [1.54, 1.807) is 18.2 Å². The number of carbonyl (C=O) groups excluding carboxylic acids is 1. The minimum Gasteiger partial charge on any atom is -0.494 e. The van der Waals surface area contributed by atoms with Crippen LogP contribution < -0.4 is 9.64 Å². The van der Waals surface area contributed by atoms with Crippen LogP contribution in [0.4, 0.5) is 5.69 Å². The van der Waals surface area contributed by atoms with Gasteiger partial charge in [0.1, 0.15) is 17.1 Å². The summed E-state index contributed by atoms with van der Waals surface area (Å²) in [6, 6.07) is 1.85. The van der Waals surface area contributed by atoms with Gasteiger partial charge >= 0.3 is 0 Å². The predicted octanol–water partition coefficient (Wildman–Crippen LogP) is 1.47. The van der Waals surface area contributed by atoms with Crippen molar-refractivity contribution in [3.05, 3.63) is 24.7 Å². The van der Waals surface area contributed by atoms with Crippen molar-refractivity contribution in [1.29, 1.82) is 0 Å². The molecule has 3 rings (SSSR count). The number of hydrogen-bond acceptors (Lipinski definition) is 3. The second-order valence-corrected chi connectivity index (χ2v) is 4.07. The van der Waals surface area contributed by atoms with E-state index in [1.165, 1.54) is 0 Å². The van der Waals surface area contributed by atoms with Crippen LogP contribution in [-0.2, 0) is 4.79 Å². The van der Waals surface area contributed by atoms with Gasteiger partial charge in [0.05, 0.1) is 7.11 Å². The molecule has 1 aliphatic rings. The number of anilines is 1. The van der Waals surface area contributed by atoms with E-state index in [4.69, 9.17) is 4.74 Å². The largest absolute Gasteiger partial charge is 0.494 e. The third kappa shape index (κ3) is 1.54. The van der Waals surface area contributed by atoms with E-state index < -0.39 is 0 Å². The van der Waals surface area contributed by atoms with E-state index in [0.717, 1.165) is 24.3 Å². The number of hydrogen-bond donors (Lipinski definition) is 0. The van der Waals surface area contributed by atoms with Gasteiger partial charge in [-0.2, -0.15) is 0 Å². The smallest absolute Gasteiger partial charge is 0.227 e. The Morgan fingerprint density at radius 1 is 1.47 bits per heavy atom. The normalized spacial score (nSPS) is 15.8. The number of carbonyl (C=O) groups is 1. The Kier molecular flexibility index (Phi) is 2.24. The number of aromatic nitrogens is 2. The lowest BCUT2D eigenvalue weighted by molar-refractivity contribution is -0.117. The van der Waals surface area contributed by atoms with Gasteiger partial charge in [-0.3, -0.25) is 4.79 Å². The molecule has 1 amide bonds. The van der Waals surface area contributed by atoms with Crippen molar-refractivity contribution in [2.24, 2.45) is 0 Å². The Balaban J connectivity index is 2.15. The highest BCUT2D eigenvalue weighted by Crippen LogP contribution is 2.32. The molecule has 0 atom stereocenters. The first-order chi connectivity index (χ1) is 8.29. The lowest BCUT2D eigenvalue weighted by atomic mass is 10.3. The highest BCUT2D eigenvalue weighted by atomic mass is 16.5. The van der Waals surface area contributed by atoms with E-state index >= 15 is 0 Å². The van der Waals surface area contributed by atoms with Gasteiger partial charge in [0.25, 0.3) is 0 Å². The average Bonchev–Trinajstić information content (AvgIpc) is 2.94. The van der Waals surface area contributed by atoms with Gasteiger partial charge in [-0.05, 0) is 6.42 Å². The van der Waals surface area contributed by atoms with Gasteiger partial charge in [0, 0.05) is 37.6 Å². The van der Waals surface area contributed by atoms with E-state index in [1.807, 2.05) is 22.9 Å². The molecule has 0 saturated carbocycles. The summed E-state index contributed by atoms with van der Waals surface area (Å²) in [7, 11) is 1.61. The lowest BCUT2D eigenvalue weighted by Gasteiger charge is -2.18. The molecule has 5 nitrogen and oxygen atoms in total. The molecular weight excluding hydrogens is 218 g/mol. The number of imidazole rings is 1. The zero-order valence-electron chi connectivity index (χ0n) is 9.59. The van der Waals surface area contributed by atoms with Crippen LogP contribution in [0.15, 0.2) is 24.7 Å². The van der Waals surface area contributed by atoms with Crippen molar-refractivity contribution in [2.75, 3.05) is 18.6 Å². The summed E-state index contributed by atoms with van der Waals surface area (Å²) in [6.45, 7) is 0.759. The summed E-state index contributed by atoms with van der Waals surface area (Å²) in [6.07, 6.45) is 7.00. The minimum absolute atomic E-state index is 0.155. The molecule has 0 N–H and O–H groups in total. The molecule has 0 aliphatic carbocycles. The van der Waals surface area contributed by atoms with Crippen molar-refractivity contribution in [3.63, 3.8) is 0 Å². The molecule has 1 saturated heterocycles. The maximum atomic E-state index is 11.8. The van der Waals surface area contributed by atoms with E-state index in [9.17, 15) is 4.79 Å². The summed E-state index contributed by atoms with van der Waals surface area (Å²) in [5.74, 6) is 0.849. The molecule has 88 valence electrons. The minimum atomic E-state index is 0.155. The summed E-state index contributed by atoms with van der Waals surface area (Å²) < 4.78 is 7.23. The summed E-state index contributed by atoms with van der Waals surface area (Å²) in [4.78, 5) is 17.7. The number of pyridine rings is 1. The Hall–Kier alpha value is -2.04. The number of ether oxygens (including phenoxy) is 1. The molecule has 1 aliphatic heterocycles. The fraction of sp³-hybridized carbons (Fsp3) is 0.333. The standard InChI is InChI=1S/C12H13N3O2/c1-17-10-7-11-13-4-6-14(11)8-9(10)15-5-2-3-12(15)16/h4,6-8H,2-3,5H2,1H3.